The predicted octanol–water partition coefficient (Wildman–Crippen LogP) is 3.43. The number of hydrogen-bond acceptors (Lipinski definition) is 5. The summed E-state index contributed by atoms with van der Waals surface area (Å²) in [7, 11) is 0. The summed E-state index contributed by atoms with van der Waals surface area (Å²) in [6.45, 7) is 3.42. The summed E-state index contributed by atoms with van der Waals surface area (Å²) in [5.41, 5.74) is -0.337. The second-order valence-corrected chi connectivity index (χ2v) is 11.1. The van der Waals surface area contributed by atoms with E-state index in [1.54, 1.807) is 54.6 Å². The first-order valence-corrected chi connectivity index (χ1v) is 13.3. The standard InChI is InChI=1S/C27H26BrClN2O6/c1-2-12-30(18-11-7-6-10-17(18)29)25(34)23-27-13-16(28)22(37-27)20(26(35)36)21(27)24(33)31(23)19(14-32)15-8-4-3-5-9-15/h2-11,16,19-23,32H,1,12-14H2,(H,35,36)/t16?,19-,20+,21-,22+,23+,27-/m1/s1. The maximum absolute atomic E-state index is 14.5. The lowest BCUT2D eigenvalue weighted by molar-refractivity contribution is -0.151. The van der Waals surface area contributed by atoms with Crippen LogP contribution in [0.1, 0.15) is 18.0 Å². The van der Waals surface area contributed by atoms with Gasteiger partial charge in [-0.25, -0.2) is 0 Å². The van der Waals surface area contributed by atoms with E-state index in [1.165, 1.54) is 9.80 Å². The molecule has 10 heteroatoms. The zero-order valence-electron chi connectivity index (χ0n) is 19.7. The molecule has 0 saturated carbocycles. The number of para-hydroxylation sites is 1. The molecule has 1 unspecified atom stereocenters. The average molecular weight is 590 g/mol. The van der Waals surface area contributed by atoms with Gasteiger partial charge in [0.2, 0.25) is 5.91 Å². The van der Waals surface area contributed by atoms with Crippen molar-refractivity contribution < 1.29 is 29.3 Å². The number of fused-ring (bicyclic) bond motifs is 1. The third kappa shape index (κ3) is 3.91. The number of aliphatic hydroxyl groups is 1. The second-order valence-electron chi connectivity index (χ2n) is 9.55. The van der Waals surface area contributed by atoms with Crippen LogP contribution in [-0.4, -0.2) is 68.6 Å². The van der Waals surface area contributed by atoms with Crippen LogP contribution in [0.2, 0.25) is 5.02 Å². The number of likely N-dealkylation sites (tertiary alicyclic amines) is 1. The first-order chi connectivity index (χ1) is 17.8. The number of benzene rings is 2. The lowest BCUT2D eigenvalue weighted by Gasteiger charge is -2.39. The molecule has 5 rings (SSSR count). The molecule has 3 aliphatic rings. The minimum Gasteiger partial charge on any atom is -0.481 e. The van der Waals surface area contributed by atoms with Gasteiger partial charge in [-0.1, -0.05) is 76.1 Å². The van der Waals surface area contributed by atoms with Crippen molar-refractivity contribution in [1.82, 2.24) is 4.90 Å². The van der Waals surface area contributed by atoms with Crippen molar-refractivity contribution in [3.8, 4) is 0 Å². The van der Waals surface area contributed by atoms with Gasteiger partial charge in [0.25, 0.3) is 5.91 Å². The highest BCUT2D eigenvalue weighted by Gasteiger charge is 2.77. The van der Waals surface area contributed by atoms with E-state index in [2.05, 4.69) is 22.5 Å². The van der Waals surface area contributed by atoms with Gasteiger partial charge in [0.05, 0.1) is 41.3 Å². The number of nitrogens with zero attached hydrogens (tertiary/aromatic N) is 2. The lowest BCUT2D eigenvalue weighted by Crippen LogP contribution is -2.57. The second kappa shape index (κ2) is 9.87. The van der Waals surface area contributed by atoms with E-state index < -0.39 is 60.0 Å². The number of carboxylic acids is 1. The zero-order chi connectivity index (χ0) is 26.5. The van der Waals surface area contributed by atoms with Crippen LogP contribution < -0.4 is 4.90 Å². The average Bonchev–Trinajstić information content (AvgIpc) is 3.48. The number of carbonyl (C=O) groups is 3. The summed E-state index contributed by atoms with van der Waals surface area (Å²) in [6.07, 6.45) is 1.06. The fraction of sp³-hybridized carbons (Fsp3) is 0.370. The number of anilines is 1. The van der Waals surface area contributed by atoms with E-state index in [0.717, 1.165) is 0 Å². The number of aliphatic hydroxyl groups excluding tert-OH is 1. The number of aliphatic carboxylic acids is 1. The van der Waals surface area contributed by atoms with Crippen molar-refractivity contribution in [3.63, 3.8) is 0 Å². The molecule has 8 nitrogen and oxygen atoms in total. The molecule has 7 atom stereocenters. The third-order valence-corrected chi connectivity index (χ3v) is 8.82. The number of alkyl halides is 1. The van der Waals surface area contributed by atoms with E-state index in [1.807, 2.05) is 6.07 Å². The summed E-state index contributed by atoms with van der Waals surface area (Å²) >= 11 is 10.0. The Kier molecular flexibility index (Phi) is 6.91. The minimum atomic E-state index is -1.39. The highest BCUT2D eigenvalue weighted by atomic mass is 79.9. The van der Waals surface area contributed by atoms with Crippen LogP contribution in [0.25, 0.3) is 0 Å². The molecular formula is C27H26BrClN2O6. The highest BCUT2D eigenvalue weighted by Crippen LogP contribution is 2.61. The number of carbonyl (C=O) groups excluding carboxylic acids is 2. The van der Waals surface area contributed by atoms with Crippen LogP contribution in [0.5, 0.6) is 0 Å². The predicted molar refractivity (Wildman–Crippen MR) is 140 cm³/mol. The third-order valence-electron chi connectivity index (χ3n) is 7.66. The van der Waals surface area contributed by atoms with Crippen LogP contribution in [0.4, 0.5) is 5.69 Å². The fourth-order valence-corrected chi connectivity index (χ4v) is 7.43. The molecule has 0 aromatic heterocycles. The van der Waals surface area contributed by atoms with Crippen LogP contribution >= 0.6 is 27.5 Å². The van der Waals surface area contributed by atoms with Gasteiger partial charge in [-0.2, -0.15) is 0 Å². The first-order valence-electron chi connectivity index (χ1n) is 12.0. The van der Waals surface area contributed by atoms with Gasteiger partial charge in [0, 0.05) is 11.4 Å². The smallest absolute Gasteiger partial charge is 0.310 e. The molecule has 1 spiro atoms. The molecule has 3 heterocycles. The van der Waals surface area contributed by atoms with E-state index >= 15 is 0 Å². The molecule has 0 radical (unpaired) electrons. The Morgan fingerprint density at radius 1 is 1.24 bits per heavy atom. The van der Waals surface area contributed by atoms with Gasteiger partial charge in [-0.05, 0) is 24.1 Å². The fourth-order valence-electron chi connectivity index (χ4n) is 6.25. The summed E-state index contributed by atoms with van der Waals surface area (Å²) in [6, 6.07) is 13.6. The van der Waals surface area contributed by atoms with Crippen LogP contribution in [0.15, 0.2) is 67.3 Å². The number of hydrogen-bond donors (Lipinski definition) is 2. The van der Waals surface area contributed by atoms with Crippen LogP contribution in [-0.2, 0) is 19.1 Å². The summed E-state index contributed by atoms with van der Waals surface area (Å²) < 4.78 is 6.35. The van der Waals surface area contributed by atoms with Crippen LogP contribution in [0, 0.1) is 11.8 Å². The number of carboxylic acid groups (broad SMARTS) is 1. The maximum Gasteiger partial charge on any atom is 0.310 e. The van der Waals surface area contributed by atoms with Crippen molar-refractivity contribution in [2.24, 2.45) is 11.8 Å². The van der Waals surface area contributed by atoms with Crippen molar-refractivity contribution in [2.75, 3.05) is 18.1 Å². The van der Waals surface area contributed by atoms with Gasteiger partial charge < -0.3 is 24.7 Å². The molecule has 3 fully saturated rings. The first kappa shape index (κ1) is 25.9. The molecule has 2 aromatic carbocycles. The normalized spacial score (nSPS) is 30.7. The van der Waals surface area contributed by atoms with Crippen molar-refractivity contribution in [3.05, 3.63) is 77.8 Å². The van der Waals surface area contributed by atoms with E-state index in [4.69, 9.17) is 16.3 Å². The van der Waals surface area contributed by atoms with Crippen molar-refractivity contribution in [1.29, 1.82) is 0 Å². The van der Waals surface area contributed by atoms with Gasteiger partial charge in [-0.3, -0.25) is 14.4 Å². The Morgan fingerprint density at radius 3 is 2.54 bits per heavy atom. The minimum absolute atomic E-state index is 0.0977. The van der Waals surface area contributed by atoms with E-state index in [0.29, 0.717) is 16.3 Å². The van der Waals surface area contributed by atoms with E-state index in [9.17, 15) is 24.6 Å². The molecule has 37 heavy (non-hydrogen) atoms. The molecule has 0 aliphatic carbocycles. The number of amides is 2. The number of rotatable bonds is 8. The van der Waals surface area contributed by atoms with Crippen molar-refractivity contribution >= 4 is 51.0 Å². The SMILES string of the molecule is C=CCN(C(=O)[C@@H]1N([C@H](CO)c2ccccc2)C(=O)[C@H]2[C@H](C(=O)O)[C@H]3O[C@@]12CC3Br)c1ccccc1Cl. The Morgan fingerprint density at radius 2 is 1.92 bits per heavy atom. The Balaban J connectivity index is 1.68. The van der Waals surface area contributed by atoms with Crippen LogP contribution in [0.3, 0.4) is 0 Å². The molecule has 2 aromatic rings. The Bertz CT molecular complexity index is 1240. The molecule has 3 aliphatic heterocycles. The maximum atomic E-state index is 14.5. The lowest BCUT2D eigenvalue weighted by atomic mass is 9.70. The molecule has 2 N–H and O–H groups in total. The zero-order valence-corrected chi connectivity index (χ0v) is 22.1. The molecular weight excluding hydrogens is 564 g/mol. The summed E-state index contributed by atoms with van der Waals surface area (Å²) in [5, 5.41) is 20.9. The van der Waals surface area contributed by atoms with Gasteiger partial charge in [-0.15, -0.1) is 6.58 Å². The largest absolute Gasteiger partial charge is 0.481 e. The van der Waals surface area contributed by atoms with Gasteiger partial charge in [0.1, 0.15) is 11.6 Å². The summed E-state index contributed by atoms with van der Waals surface area (Å²) in [4.78, 5) is 43.4. The van der Waals surface area contributed by atoms with Crippen molar-refractivity contribution in [2.45, 2.75) is 35.0 Å². The molecule has 194 valence electrons. The topological polar surface area (TPSA) is 107 Å². The number of halogens is 2. The van der Waals surface area contributed by atoms with Gasteiger partial charge >= 0.3 is 5.97 Å². The molecule has 3 saturated heterocycles. The molecule has 2 amide bonds. The Labute approximate surface area is 227 Å². The van der Waals surface area contributed by atoms with Gasteiger partial charge in [0.15, 0.2) is 0 Å². The monoisotopic (exact) mass is 588 g/mol. The molecule has 2 bridgehead atoms. The summed E-state index contributed by atoms with van der Waals surface area (Å²) in [5.74, 6) is -4.36. The Hall–Kier alpha value is -2.72. The quantitative estimate of drug-likeness (QED) is 0.361. The highest BCUT2D eigenvalue weighted by molar-refractivity contribution is 9.09. The number of ether oxygens (including phenoxy) is 1. The van der Waals surface area contributed by atoms with E-state index in [-0.39, 0.29) is 17.8 Å².